The first kappa shape index (κ1) is 24.5. The molecule has 8 heteroatoms. The maximum absolute atomic E-state index is 9.96. The van der Waals surface area contributed by atoms with Gasteiger partial charge < -0.3 is 31.3 Å². The van der Waals surface area contributed by atoms with Crippen molar-refractivity contribution in [2.45, 2.75) is 39.8 Å². The standard InChI is InChI=1S/2C5H4O2S.2C3H9N/c2*6-5(7)4-2-1-3-8-4;2*1-3(2)4/h2*1-3H,(H,6,7);2*3H,4H2,1-2H3. The zero-order valence-electron chi connectivity index (χ0n) is 14.5. The SMILES string of the molecule is CC(C)[NH3+].CC(C)[NH3+].O=C([O-])c1cccs1.O=C([O-])c1cccs1. The number of carboxylic acid groups (broad SMARTS) is 2. The molecule has 0 saturated heterocycles. The number of hydrogen-bond acceptors (Lipinski definition) is 6. The Labute approximate surface area is 150 Å². The molecule has 2 heterocycles. The molecule has 2 aromatic rings. The van der Waals surface area contributed by atoms with Crippen LogP contribution in [0.25, 0.3) is 0 Å². The Bertz CT molecular complexity index is 483. The summed E-state index contributed by atoms with van der Waals surface area (Å²) in [5.41, 5.74) is 7.28. The van der Waals surface area contributed by atoms with E-state index in [1.807, 2.05) is 0 Å². The Morgan fingerprint density at radius 3 is 1.17 bits per heavy atom. The number of hydrogen-bond donors (Lipinski definition) is 2. The van der Waals surface area contributed by atoms with E-state index < -0.39 is 11.9 Å². The highest BCUT2D eigenvalue weighted by Crippen LogP contribution is 2.06. The number of carboxylic acids is 2. The summed E-state index contributed by atoms with van der Waals surface area (Å²) in [7, 11) is 0. The first-order chi connectivity index (χ1) is 11.1. The quantitative estimate of drug-likeness (QED) is 0.732. The molecule has 2 rings (SSSR count). The first-order valence-corrected chi connectivity index (χ1v) is 8.99. The molecular weight excluding hydrogens is 348 g/mol. The summed E-state index contributed by atoms with van der Waals surface area (Å²) < 4.78 is 0. The van der Waals surface area contributed by atoms with Gasteiger partial charge in [0.1, 0.15) is 0 Å². The third kappa shape index (κ3) is 18.3. The van der Waals surface area contributed by atoms with Crippen LogP contribution >= 0.6 is 22.7 Å². The highest BCUT2D eigenvalue weighted by molar-refractivity contribution is 7.12. The van der Waals surface area contributed by atoms with Crippen LogP contribution in [0.5, 0.6) is 0 Å². The van der Waals surface area contributed by atoms with Crippen molar-refractivity contribution < 1.29 is 31.3 Å². The van der Waals surface area contributed by atoms with E-state index in [9.17, 15) is 19.8 Å². The minimum absolute atomic E-state index is 0.282. The summed E-state index contributed by atoms with van der Waals surface area (Å²) in [6.45, 7) is 8.22. The Morgan fingerprint density at radius 1 is 0.833 bits per heavy atom. The lowest BCUT2D eigenvalue weighted by Gasteiger charge is -1.91. The number of carbonyl (C=O) groups is 2. The van der Waals surface area contributed by atoms with E-state index in [1.165, 1.54) is 34.8 Å². The summed E-state index contributed by atoms with van der Waals surface area (Å²) in [5.74, 6) is -2.19. The first-order valence-electron chi connectivity index (χ1n) is 7.23. The van der Waals surface area contributed by atoms with Gasteiger partial charge in [-0.1, -0.05) is 12.1 Å². The summed E-state index contributed by atoms with van der Waals surface area (Å²) in [5, 5.41) is 23.3. The van der Waals surface area contributed by atoms with Crippen molar-refractivity contribution in [2.75, 3.05) is 0 Å². The van der Waals surface area contributed by atoms with Crippen molar-refractivity contribution in [3.05, 3.63) is 44.8 Å². The second kappa shape index (κ2) is 14.8. The average molecular weight is 375 g/mol. The van der Waals surface area contributed by atoms with E-state index in [0.717, 1.165) is 0 Å². The topological polar surface area (TPSA) is 136 Å². The minimum atomic E-state index is -1.10. The molecule has 6 nitrogen and oxygen atoms in total. The summed E-state index contributed by atoms with van der Waals surface area (Å²) in [4.78, 5) is 20.5. The number of rotatable bonds is 2. The molecule has 0 aliphatic rings. The van der Waals surface area contributed by atoms with Crippen molar-refractivity contribution in [2.24, 2.45) is 0 Å². The van der Waals surface area contributed by atoms with Crippen LogP contribution in [0.4, 0.5) is 0 Å². The average Bonchev–Trinajstić information content (AvgIpc) is 3.12. The van der Waals surface area contributed by atoms with E-state index in [1.54, 1.807) is 22.9 Å². The Kier molecular flexibility index (Phi) is 15.1. The third-order valence-electron chi connectivity index (χ3n) is 1.44. The van der Waals surface area contributed by atoms with Gasteiger partial charge in [0.05, 0.1) is 24.0 Å². The van der Waals surface area contributed by atoms with Crippen LogP contribution in [0.15, 0.2) is 35.0 Å². The van der Waals surface area contributed by atoms with Gasteiger partial charge in [0.2, 0.25) is 0 Å². The third-order valence-corrected chi connectivity index (χ3v) is 3.14. The molecule has 0 spiro atoms. The van der Waals surface area contributed by atoms with Gasteiger partial charge in [-0.25, -0.2) is 0 Å². The van der Waals surface area contributed by atoms with Crippen LogP contribution in [0, 0.1) is 0 Å². The molecule has 0 radical (unpaired) electrons. The Hall–Kier alpha value is -1.74. The van der Waals surface area contributed by atoms with E-state index in [0.29, 0.717) is 12.1 Å². The Morgan fingerprint density at radius 2 is 1.08 bits per heavy atom. The molecule has 0 bridgehead atoms. The molecule has 0 aromatic carbocycles. The molecule has 0 fully saturated rings. The largest absolute Gasteiger partial charge is 0.544 e. The molecule has 0 saturated carbocycles. The van der Waals surface area contributed by atoms with Crippen molar-refractivity contribution >= 4 is 34.6 Å². The fourth-order valence-electron chi connectivity index (χ4n) is 0.789. The van der Waals surface area contributed by atoms with Crippen molar-refractivity contribution in [3.8, 4) is 0 Å². The van der Waals surface area contributed by atoms with Gasteiger partial charge in [0, 0.05) is 9.75 Å². The molecule has 0 amide bonds. The molecule has 2 aromatic heterocycles. The normalized spacial score (nSPS) is 9.00. The molecule has 0 aliphatic heterocycles. The molecule has 6 N–H and O–H groups in total. The lowest BCUT2D eigenvalue weighted by Crippen LogP contribution is -2.57. The van der Waals surface area contributed by atoms with Crippen LogP contribution in [0.1, 0.15) is 47.0 Å². The smallest absolute Gasteiger partial charge is 0.0815 e. The summed E-state index contributed by atoms with van der Waals surface area (Å²) in [6, 6.07) is 7.55. The number of aromatic carboxylic acids is 2. The van der Waals surface area contributed by atoms with Gasteiger partial charge in [-0.15, -0.1) is 22.7 Å². The molecule has 0 aliphatic carbocycles. The summed E-state index contributed by atoms with van der Waals surface area (Å²) in [6.07, 6.45) is 0. The molecule has 24 heavy (non-hydrogen) atoms. The van der Waals surface area contributed by atoms with Crippen LogP contribution in [-0.2, 0) is 0 Å². The highest BCUT2D eigenvalue weighted by atomic mass is 32.1. The second-order valence-corrected chi connectivity index (χ2v) is 7.21. The summed E-state index contributed by atoms with van der Waals surface area (Å²) >= 11 is 2.34. The predicted molar refractivity (Wildman–Crippen MR) is 93.3 cm³/mol. The van der Waals surface area contributed by atoms with Gasteiger partial charge in [0.25, 0.3) is 0 Å². The lowest BCUT2D eigenvalue weighted by molar-refractivity contribution is -0.408. The zero-order chi connectivity index (χ0) is 19.1. The van der Waals surface area contributed by atoms with Gasteiger partial charge in [-0.2, -0.15) is 0 Å². The second-order valence-electron chi connectivity index (χ2n) is 5.32. The van der Waals surface area contributed by atoms with Crippen LogP contribution in [0.3, 0.4) is 0 Å². The van der Waals surface area contributed by atoms with Crippen molar-refractivity contribution in [1.82, 2.24) is 0 Å². The van der Waals surface area contributed by atoms with E-state index in [-0.39, 0.29) is 9.75 Å². The number of thiophene rings is 2. The number of quaternary nitrogens is 2. The van der Waals surface area contributed by atoms with E-state index in [2.05, 4.69) is 39.2 Å². The van der Waals surface area contributed by atoms with Gasteiger partial charge in [-0.05, 0) is 50.6 Å². The highest BCUT2D eigenvalue weighted by Gasteiger charge is 1.89. The fourth-order valence-corrected chi connectivity index (χ4v) is 1.90. The maximum Gasteiger partial charge on any atom is 0.0815 e. The molecular formula is C16H26N2O4S2. The van der Waals surface area contributed by atoms with E-state index in [4.69, 9.17) is 0 Å². The lowest BCUT2D eigenvalue weighted by atomic mass is 10.4. The van der Waals surface area contributed by atoms with E-state index >= 15 is 0 Å². The minimum Gasteiger partial charge on any atom is -0.544 e. The van der Waals surface area contributed by atoms with Gasteiger partial charge in [0.15, 0.2) is 0 Å². The van der Waals surface area contributed by atoms with Crippen LogP contribution in [0.2, 0.25) is 0 Å². The molecule has 0 unspecified atom stereocenters. The monoisotopic (exact) mass is 374 g/mol. The van der Waals surface area contributed by atoms with Gasteiger partial charge >= 0.3 is 0 Å². The number of carbonyl (C=O) groups excluding carboxylic acids is 2. The van der Waals surface area contributed by atoms with Gasteiger partial charge in [-0.3, -0.25) is 0 Å². The van der Waals surface area contributed by atoms with Crippen LogP contribution < -0.4 is 21.7 Å². The predicted octanol–water partition coefficient (Wildman–Crippen LogP) is -0.503. The maximum atomic E-state index is 9.96. The van der Waals surface area contributed by atoms with Crippen molar-refractivity contribution in [1.29, 1.82) is 0 Å². The van der Waals surface area contributed by atoms with Crippen LogP contribution in [-0.4, -0.2) is 24.0 Å². The fraction of sp³-hybridized carbons (Fsp3) is 0.375. The molecule has 136 valence electrons. The zero-order valence-corrected chi connectivity index (χ0v) is 16.1. The Balaban J connectivity index is 0. The van der Waals surface area contributed by atoms with Crippen molar-refractivity contribution in [3.63, 3.8) is 0 Å². The molecule has 0 atom stereocenters.